The lowest BCUT2D eigenvalue weighted by atomic mass is 10.2. The summed E-state index contributed by atoms with van der Waals surface area (Å²) >= 11 is 1.61. The molecule has 0 saturated heterocycles. The minimum absolute atomic E-state index is 0.272. The average molecular weight is 437 g/mol. The third-order valence-electron chi connectivity index (χ3n) is 4.50. The highest BCUT2D eigenvalue weighted by molar-refractivity contribution is 7.99. The van der Waals surface area contributed by atoms with Crippen LogP contribution in [0, 0.1) is 5.82 Å². The molecule has 0 spiro atoms. The number of methoxy groups -OCH3 is 1. The SMILES string of the molecule is COc1ccc(-n2c(SCCCOc3ccc(F)cc3)nnc2-c2ccncc2)cc1. The average Bonchev–Trinajstić information content (AvgIpc) is 3.24. The number of rotatable bonds is 9. The van der Waals surface area contributed by atoms with Crippen LogP contribution in [0.5, 0.6) is 11.5 Å². The lowest BCUT2D eigenvalue weighted by Gasteiger charge is -2.11. The molecule has 0 aliphatic rings. The van der Waals surface area contributed by atoms with Gasteiger partial charge in [0.2, 0.25) is 0 Å². The zero-order valence-electron chi connectivity index (χ0n) is 16.9. The molecule has 31 heavy (non-hydrogen) atoms. The Labute approximate surface area is 184 Å². The van der Waals surface area contributed by atoms with Gasteiger partial charge in [0.1, 0.15) is 17.3 Å². The topological polar surface area (TPSA) is 62.1 Å². The summed E-state index contributed by atoms with van der Waals surface area (Å²) in [6.45, 7) is 0.534. The molecule has 0 unspecified atom stereocenters. The van der Waals surface area contributed by atoms with E-state index < -0.39 is 0 Å². The van der Waals surface area contributed by atoms with Crippen LogP contribution in [0.15, 0.2) is 78.2 Å². The van der Waals surface area contributed by atoms with E-state index in [9.17, 15) is 4.39 Å². The van der Waals surface area contributed by atoms with E-state index >= 15 is 0 Å². The van der Waals surface area contributed by atoms with Crippen molar-refractivity contribution < 1.29 is 13.9 Å². The smallest absolute Gasteiger partial charge is 0.196 e. The molecule has 4 rings (SSSR count). The van der Waals surface area contributed by atoms with Gasteiger partial charge < -0.3 is 9.47 Å². The first kappa shape index (κ1) is 20.9. The van der Waals surface area contributed by atoms with Gasteiger partial charge in [0.25, 0.3) is 0 Å². The number of hydrogen-bond donors (Lipinski definition) is 0. The Bertz CT molecular complexity index is 1100. The first-order valence-corrected chi connectivity index (χ1v) is 10.7. The second kappa shape index (κ2) is 10.1. The number of pyridine rings is 1. The Kier molecular flexibility index (Phi) is 6.78. The van der Waals surface area contributed by atoms with Crippen molar-refractivity contribution in [2.24, 2.45) is 0 Å². The van der Waals surface area contributed by atoms with Crippen LogP contribution in [0.2, 0.25) is 0 Å². The van der Waals surface area contributed by atoms with Crippen LogP contribution in [-0.2, 0) is 0 Å². The van der Waals surface area contributed by atoms with Gasteiger partial charge in [-0.3, -0.25) is 9.55 Å². The van der Waals surface area contributed by atoms with Gasteiger partial charge in [0.05, 0.1) is 13.7 Å². The van der Waals surface area contributed by atoms with Crippen molar-refractivity contribution in [1.82, 2.24) is 19.7 Å². The van der Waals surface area contributed by atoms with Crippen LogP contribution in [0.25, 0.3) is 17.1 Å². The quantitative estimate of drug-likeness (QED) is 0.271. The maximum atomic E-state index is 13.0. The molecule has 6 nitrogen and oxygen atoms in total. The van der Waals surface area contributed by atoms with E-state index in [-0.39, 0.29) is 5.82 Å². The summed E-state index contributed by atoms with van der Waals surface area (Å²) < 4.78 is 26.0. The summed E-state index contributed by atoms with van der Waals surface area (Å²) in [4.78, 5) is 4.09. The zero-order valence-corrected chi connectivity index (χ0v) is 17.8. The summed E-state index contributed by atoms with van der Waals surface area (Å²) in [5.74, 6) is 2.72. The standard InChI is InChI=1S/C23H21FN4O2S/c1-29-20-9-5-19(6-10-20)28-22(17-11-13-25-14-12-17)26-27-23(28)31-16-2-15-30-21-7-3-18(24)4-8-21/h3-14H,2,15-16H2,1H3. The van der Waals surface area contributed by atoms with E-state index in [4.69, 9.17) is 9.47 Å². The number of aromatic nitrogens is 4. The largest absolute Gasteiger partial charge is 0.497 e. The third-order valence-corrected chi connectivity index (χ3v) is 5.52. The Morgan fingerprint density at radius 3 is 2.32 bits per heavy atom. The number of halogens is 1. The summed E-state index contributed by atoms with van der Waals surface area (Å²) in [6.07, 6.45) is 4.28. The van der Waals surface area contributed by atoms with Crippen molar-refractivity contribution in [3.63, 3.8) is 0 Å². The second-order valence-corrected chi connectivity index (χ2v) is 7.64. The molecule has 0 aliphatic carbocycles. The summed E-state index contributed by atoms with van der Waals surface area (Å²) in [5, 5.41) is 9.64. The third kappa shape index (κ3) is 5.21. The van der Waals surface area contributed by atoms with Gasteiger partial charge in [-0.05, 0) is 67.1 Å². The van der Waals surface area contributed by atoms with E-state index in [0.717, 1.165) is 40.2 Å². The molecule has 8 heteroatoms. The Morgan fingerprint density at radius 2 is 1.61 bits per heavy atom. The maximum absolute atomic E-state index is 13.0. The molecule has 158 valence electrons. The Hall–Kier alpha value is -3.39. The molecule has 0 aliphatic heterocycles. The molecular weight excluding hydrogens is 415 g/mol. The van der Waals surface area contributed by atoms with Gasteiger partial charge in [-0.25, -0.2) is 4.39 Å². The van der Waals surface area contributed by atoms with Crippen LogP contribution < -0.4 is 9.47 Å². The van der Waals surface area contributed by atoms with Gasteiger partial charge >= 0.3 is 0 Å². The summed E-state index contributed by atoms with van der Waals surface area (Å²) in [7, 11) is 1.64. The van der Waals surface area contributed by atoms with Crippen molar-refractivity contribution in [1.29, 1.82) is 0 Å². The van der Waals surface area contributed by atoms with Crippen LogP contribution in [0.4, 0.5) is 4.39 Å². The van der Waals surface area contributed by atoms with Crippen LogP contribution in [-0.4, -0.2) is 39.2 Å². The fourth-order valence-corrected chi connectivity index (χ4v) is 3.82. The summed E-state index contributed by atoms with van der Waals surface area (Å²) in [6, 6.07) is 17.7. The van der Waals surface area contributed by atoms with E-state index in [1.165, 1.54) is 12.1 Å². The monoisotopic (exact) mass is 436 g/mol. The van der Waals surface area contributed by atoms with E-state index in [1.807, 2.05) is 41.0 Å². The number of ether oxygens (including phenoxy) is 2. The first-order valence-electron chi connectivity index (χ1n) is 9.76. The van der Waals surface area contributed by atoms with Crippen molar-refractivity contribution >= 4 is 11.8 Å². The minimum Gasteiger partial charge on any atom is -0.497 e. The van der Waals surface area contributed by atoms with Crippen molar-refractivity contribution in [2.75, 3.05) is 19.5 Å². The first-order chi connectivity index (χ1) is 15.2. The molecule has 2 aromatic carbocycles. The van der Waals surface area contributed by atoms with Crippen LogP contribution in [0.3, 0.4) is 0 Å². The lowest BCUT2D eigenvalue weighted by molar-refractivity contribution is 0.318. The molecular formula is C23H21FN4O2S. The highest BCUT2D eigenvalue weighted by atomic mass is 32.2. The normalized spacial score (nSPS) is 10.8. The predicted octanol–water partition coefficient (Wildman–Crippen LogP) is 5.04. The molecule has 0 amide bonds. The van der Waals surface area contributed by atoms with Crippen LogP contribution >= 0.6 is 11.8 Å². The van der Waals surface area contributed by atoms with Crippen molar-refractivity contribution in [3.8, 4) is 28.6 Å². The highest BCUT2D eigenvalue weighted by Crippen LogP contribution is 2.29. The number of hydrogen-bond acceptors (Lipinski definition) is 6. The predicted molar refractivity (Wildman–Crippen MR) is 118 cm³/mol. The fraction of sp³-hybridized carbons (Fsp3) is 0.174. The molecule has 0 bridgehead atoms. The molecule has 0 radical (unpaired) electrons. The molecule has 0 fully saturated rings. The zero-order chi connectivity index (χ0) is 21.5. The Morgan fingerprint density at radius 1 is 0.903 bits per heavy atom. The summed E-state index contributed by atoms with van der Waals surface area (Å²) in [5.41, 5.74) is 1.88. The van der Waals surface area contributed by atoms with Gasteiger partial charge in [0, 0.05) is 29.4 Å². The molecule has 0 atom stereocenters. The fourth-order valence-electron chi connectivity index (χ4n) is 2.96. The van der Waals surface area contributed by atoms with Gasteiger partial charge in [-0.15, -0.1) is 10.2 Å². The van der Waals surface area contributed by atoms with Crippen LogP contribution in [0.1, 0.15) is 6.42 Å². The number of thioether (sulfide) groups is 1. The van der Waals surface area contributed by atoms with E-state index in [1.54, 1.807) is 43.4 Å². The van der Waals surface area contributed by atoms with Gasteiger partial charge in [-0.2, -0.15) is 0 Å². The molecule has 4 aromatic rings. The lowest BCUT2D eigenvalue weighted by Crippen LogP contribution is -2.02. The minimum atomic E-state index is -0.272. The number of benzene rings is 2. The Balaban J connectivity index is 1.47. The second-order valence-electron chi connectivity index (χ2n) is 6.58. The van der Waals surface area contributed by atoms with Crippen molar-refractivity contribution in [2.45, 2.75) is 11.6 Å². The van der Waals surface area contributed by atoms with E-state index in [2.05, 4.69) is 15.2 Å². The van der Waals surface area contributed by atoms with Gasteiger partial charge in [-0.1, -0.05) is 11.8 Å². The maximum Gasteiger partial charge on any atom is 0.196 e. The van der Waals surface area contributed by atoms with Gasteiger partial charge in [0.15, 0.2) is 11.0 Å². The molecule has 2 aromatic heterocycles. The number of nitrogens with zero attached hydrogens (tertiary/aromatic N) is 4. The molecule has 2 heterocycles. The van der Waals surface area contributed by atoms with E-state index in [0.29, 0.717) is 12.4 Å². The molecule has 0 N–H and O–H groups in total. The molecule has 0 saturated carbocycles. The highest BCUT2D eigenvalue weighted by Gasteiger charge is 2.16. The van der Waals surface area contributed by atoms with Crippen molar-refractivity contribution in [3.05, 3.63) is 78.9 Å².